The van der Waals surface area contributed by atoms with Crippen molar-refractivity contribution >= 4 is 31.5 Å². The Hall–Kier alpha value is -1.19. The van der Waals surface area contributed by atoms with Gasteiger partial charge in [0.25, 0.3) is 0 Å². The third kappa shape index (κ3) is 9.50. The molecule has 1 aliphatic carbocycles. The van der Waals surface area contributed by atoms with E-state index in [1.165, 1.54) is 43.5 Å². The van der Waals surface area contributed by atoms with Crippen molar-refractivity contribution in [3.05, 3.63) is 65.7 Å². The van der Waals surface area contributed by atoms with Crippen molar-refractivity contribution in [2.75, 3.05) is 14.2 Å². The fraction of sp³-hybridized carbons (Fsp3) is 0.308. The molecule has 0 amide bonds. The van der Waals surface area contributed by atoms with Crippen LogP contribution >= 0.6 is 7.82 Å². The molecule has 2 aromatic rings. The second-order valence-electron chi connectivity index (χ2n) is 8.26. The van der Waals surface area contributed by atoms with E-state index in [9.17, 15) is 23.9 Å². The summed E-state index contributed by atoms with van der Waals surface area (Å²) < 4.78 is 25.6. The average Bonchev–Trinajstić information content (AvgIpc) is 2.85. The largest absolute Gasteiger partial charge is 1.00 e. The molecule has 0 atom stereocenters. The van der Waals surface area contributed by atoms with Crippen LogP contribution in [0.25, 0.3) is 12.2 Å². The molecule has 186 valence electrons. The van der Waals surface area contributed by atoms with Crippen LogP contribution in [-0.4, -0.2) is 25.8 Å². The van der Waals surface area contributed by atoms with E-state index < -0.39 is 13.2 Å². The Morgan fingerprint density at radius 1 is 0.811 bits per heavy atom. The zero-order valence-electron chi connectivity index (χ0n) is 21.6. The summed E-state index contributed by atoms with van der Waals surface area (Å²) >= 11 is 0. The summed E-state index contributed by atoms with van der Waals surface area (Å²) in [7, 11) is -2.06. The molecule has 0 aromatic heterocycles. The second-order valence-corrected chi connectivity index (χ2v) is 9.34. The van der Waals surface area contributed by atoms with Crippen molar-refractivity contribution < 1.29 is 97.1 Å². The van der Waals surface area contributed by atoms with Gasteiger partial charge in [-0.2, -0.15) is 0 Å². The van der Waals surface area contributed by atoms with Gasteiger partial charge in [-0.1, -0.05) is 49.6 Å². The predicted molar refractivity (Wildman–Crippen MR) is 128 cm³/mol. The van der Waals surface area contributed by atoms with E-state index in [-0.39, 0.29) is 76.4 Å². The minimum absolute atomic E-state index is 0. The first-order valence-electron chi connectivity index (χ1n) is 11.2. The van der Waals surface area contributed by atoms with Crippen LogP contribution in [0.15, 0.2) is 54.6 Å². The Morgan fingerprint density at radius 3 is 1.84 bits per heavy atom. The summed E-state index contributed by atoms with van der Waals surface area (Å²) in [6.07, 6.45) is 9.54. The van der Waals surface area contributed by atoms with Crippen molar-refractivity contribution in [1.82, 2.24) is 0 Å². The number of benzene rings is 2. The van der Waals surface area contributed by atoms with Crippen molar-refractivity contribution in [2.45, 2.75) is 32.1 Å². The van der Waals surface area contributed by atoms with Crippen LogP contribution in [0.3, 0.4) is 0 Å². The second kappa shape index (κ2) is 15.4. The number of ether oxygens (including phenoxy) is 2. The Balaban J connectivity index is 0.00000342. The molecule has 2 aromatic carbocycles. The molecule has 0 aliphatic heterocycles. The Bertz CT molecular complexity index is 1170. The molecule has 37 heavy (non-hydrogen) atoms. The summed E-state index contributed by atoms with van der Waals surface area (Å²) in [5.41, 5.74) is 0.215. The maximum atomic E-state index is 13.3. The molecular formula is C26H27Na2O8P. The molecule has 0 radical (unpaired) electrons. The number of rotatable bonds is 10. The van der Waals surface area contributed by atoms with E-state index in [4.69, 9.17) is 9.47 Å². The van der Waals surface area contributed by atoms with E-state index >= 15 is 0 Å². The smallest absolute Gasteiger partial charge is 0.780 e. The standard InChI is InChI=1S/C26H29O8P.2Na/c1-32-22-13-8-20(18-23(22)33-2)10-15-25(28)26(16-4-3-5-17-26)24(27)14-9-19-6-11-21(12-7-19)34-35(29,30)31;;/h6-15,18H,3-5,16-17H2,1-2H3,(H2,29,30,31);;/q;2*+1/p-2/b14-9+,15-10+;;. The molecule has 0 unspecified atom stereocenters. The first-order chi connectivity index (χ1) is 16.7. The average molecular weight is 544 g/mol. The van der Waals surface area contributed by atoms with Crippen LogP contribution in [0.2, 0.25) is 0 Å². The Labute approximate surface area is 261 Å². The Kier molecular flexibility index (Phi) is 14.1. The van der Waals surface area contributed by atoms with Gasteiger partial charge in [0.15, 0.2) is 23.1 Å². The van der Waals surface area contributed by atoms with Crippen LogP contribution < -0.4 is 82.9 Å². The number of carbonyl (C=O) groups excluding carboxylic acids is 2. The molecule has 0 spiro atoms. The molecule has 1 saturated carbocycles. The monoisotopic (exact) mass is 544 g/mol. The number of ketones is 2. The van der Waals surface area contributed by atoms with E-state index in [2.05, 4.69) is 4.52 Å². The summed E-state index contributed by atoms with van der Waals surface area (Å²) in [5.74, 6) is 0.490. The minimum atomic E-state index is -5.14. The van der Waals surface area contributed by atoms with Crippen LogP contribution in [0.4, 0.5) is 0 Å². The fourth-order valence-electron chi connectivity index (χ4n) is 4.16. The molecule has 8 nitrogen and oxygen atoms in total. The molecule has 0 N–H and O–H groups in total. The van der Waals surface area contributed by atoms with Gasteiger partial charge in [0, 0.05) is 0 Å². The van der Waals surface area contributed by atoms with E-state index in [0.717, 1.165) is 24.8 Å². The van der Waals surface area contributed by atoms with Gasteiger partial charge in [-0.25, -0.2) is 0 Å². The molecule has 0 saturated heterocycles. The van der Waals surface area contributed by atoms with Gasteiger partial charge in [-0.3, -0.25) is 9.59 Å². The third-order valence-corrected chi connectivity index (χ3v) is 6.44. The topological polar surface area (TPSA) is 125 Å². The SMILES string of the molecule is COc1ccc(/C=C/C(=O)C2(C(=O)/C=C/c3ccc(OP(=O)([O-])[O-])cc3)CCCCC2)cc1OC.[Na+].[Na+]. The molecule has 1 aliphatic rings. The van der Waals surface area contributed by atoms with E-state index in [1.54, 1.807) is 37.5 Å². The van der Waals surface area contributed by atoms with Crippen LogP contribution in [0.1, 0.15) is 43.2 Å². The summed E-state index contributed by atoms with van der Waals surface area (Å²) in [5, 5.41) is 0. The number of phosphoric acid groups is 1. The fourth-order valence-corrected chi connectivity index (χ4v) is 4.54. The zero-order chi connectivity index (χ0) is 25.5. The normalized spacial score (nSPS) is 14.9. The molecule has 3 rings (SSSR count). The zero-order valence-corrected chi connectivity index (χ0v) is 26.5. The molecular weight excluding hydrogens is 517 g/mol. The van der Waals surface area contributed by atoms with Crippen LogP contribution in [0.5, 0.6) is 17.2 Å². The van der Waals surface area contributed by atoms with Gasteiger partial charge >= 0.3 is 59.1 Å². The first kappa shape index (κ1) is 33.8. The predicted octanol–water partition coefficient (Wildman–Crippen LogP) is -2.27. The number of allylic oxidation sites excluding steroid dienone is 2. The van der Waals surface area contributed by atoms with Crippen LogP contribution in [0, 0.1) is 5.41 Å². The number of hydrogen-bond donors (Lipinski definition) is 0. The van der Waals surface area contributed by atoms with Crippen molar-refractivity contribution in [1.29, 1.82) is 0 Å². The summed E-state index contributed by atoms with van der Waals surface area (Å²) in [4.78, 5) is 48.0. The number of carbonyl (C=O) groups is 2. The number of phosphoric ester groups is 1. The van der Waals surface area contributed by atoms with Crippen molar-refractivity contribution in [3.8, 4) is 17.2 Å². The number of hydrogen-bond acceptors (Lipinski definition) is 8. The Morgan fingerprint density at radius 2 is 1.32 bits per heavy atom. The van der Waals surface area contributed by atoms with Gasteiger partial charge in [0.1, 0.15) is 13.6 Å². The maximum absolute atomic E-state index is 13.3. The van der Waals surface area contributed by atoms with Crippen LogP contribution in [-0.2, 0) is 14.2 Å². The molecule has 1 fully saturated rings. The summed E-state index contributed by atoms with van der Waals surface area (Å²) in [6.45, 7) is 0. The molecule has 0 bridgehead atoms. The van der Waals surface area contributed by atoms with Gasteiger partial charge < -0.3 is 28.3 Å². The summed E-state index contributed by atoms with van der Waals surface area (Å²) in [6, 6.07) is 11.0. The molecule has 11 heteroatoms. The van der Waals surface area contributed by atoms with E-state index in [1.807, 2.05) is 0 Å². The van der Waals surface area contributed by atoms with Gasteiger partial charge in [0.05, 0.1) is 19.6 Å². The van der Waals surface area contributed by atoms with Gasteiger partial charge in [0.2, 0.25) is 0 Å². The van der Waals surface area contributed by atoms with Crippen molar-refractivity contribution in [2.24, 2.45) is 5.41 Å². The van der Waals surface area contributed by atoms with Crippen molar-refractivity contribution in [3.63, 3.8) is 0 Å². The van der Waals surface area contributed by atoms with E-state index in [0.29, 0.717) is 29.9 Å². The number of methoxy groups -OCH3 is 2. The third-order valence-electron chi connectivity index (χ3n) is 6.01. The maximum Gasteiger partial charge on any atom is 1.00 e. The first-order valence-corrected chi connectivity index (χ1v) is 12.6. The quantitative estimate of drug-likeness (QED) is 0.142. The minimum Gasteiger partial charge on any atom is -0.780 e. The van der Waals surface area contributed by atoms with Gasteiger partial charge in [-0.15, -0.1) is 0 Å². The molecule has 0 heterocycles. The van der Waals surface area contributed by atoms with Gasteiger partial charge in [-0.05, 0) is 60.4 Å².